The van der Waals surface area contributed by atoms with E-state index in [0.717, 1.165) is 29.2 Å². The standard InChI is InChI=1S/C20H24N4O2S/c1-3-5-6-7-12-26-17-10-8-15(9-11-17)13-16(14-21)19(25)22-20-24-23-18(4-2)27-20/h8-11,13H,3-7,12H2,1-2H3,(H,22,24,25). The Morgan fingerprint density at radius 1 is 1.22 bits per heavy atom. The molecule has 1 N–H and O–H groups in total. The Morgan fingerprint density at radius 3 is 2.63 bits per heavy atom. The zero-order valence-corrected chi connectivity index (χ0v) is 16.5. The Morgan fingerprint density at radius 2 is 2.00 bits per heavy atom. The van der Waals surface area contributed by atoms with Crippen LogP contribution in [-0.4, -0.2) is 22.7 Å². The molecule has 0 saturated carbocycles. The first-order chi connectivity index (χ1) is 13.2. The Hall–Kier alpha value is -2.72. The number of ether oxygens (including phenoxy) is 1. The fourth-order valence-corrected chi connectivity index (χ4v) is 2.98. The van der Waals surface area contributed by atoms with Gasteiger partial charge in [-0.25, -0.2) is 0 Å². The van der Waals surface area contributed by atoms with E-state index < -0.39 is 5.91 Å². The molecule has 0 radical (unpaired) electrons. The fourth-order valence-electron chi connectivity index (χ4n) is 2.31. The van der Waals surface area contributed by atoms with Gasteiger partial charge in [0.05, 0.1) is 6.61 Å². The Balaban J connectivity index is 1.93. The van der Waals surface area contributed by atoms with Crippen LogP contribution in [0.3, 0.4) is 0 Å². The van der Waals surface area contributed by atoms with Crippen molar-refractivity contribution in [1.82, 2.24) is 10.2 Å². The zero-order valence-electron chi connectivity index (χ0n) is 15.7. The van der Waals surface area contributed by atoms with Gasteiger partial charge in [0, 0.05) is 0 Å². The molecule has 0 saturated heterocycles. The lowest BCUT2D eigenvalue weighted by atomic mass is 10.1. The first kappa shape index (κ1) is 20.6. The van der Waals surface area contributed by atoms with Gasteiger partial charge in [0.15, 0.2) is 0 Å². The zero-order chi connectivity index (χ0) is 19.5. The Kier molecular flexibility index (Phi) is 8.46. The van der Waals surface area contributed by atoms with Crippen molar-refractivity contribution < 1.29 is 9.53 Å². The predicted octanol–water partition coefficient (Wildman–Crippen LogP) is 4.61. The third-order valence-electron chi connectivity index (χ3n) is 3.81. The van der Waals surface area contributed by atoms with E-state index in [4.69, 9.17) is 4.74 Å². The molecule has 2 aromatic rings. The molecule has 0 unspecified atom stereocenters. The lowest BCUT2D eigenvalue weighted by Gasteiger charge is -2.06. The number of benzene rings is 1. The summed E-state index contributed by atoms with van der Waals surface area (Å²) in [7, 11) is 0. The number of unbranched alkanes of at least 4 members (excludes halogenated alkanes) is 3. The fraction of sp³-hybridized carbons (Fsp3) is 0.400. The van der Waals surface area contributed by atoms with Crippen LogP contribution in [0.1, 0.15) is 50.1 Å². The van der Waals surface area contributed by atoms with Crippen molar-refractivity contribution in [1.29, 1.82) is 5.26 Å². The Labute approximate surface area is 163 Å². The highest BCUT2D eigenvalue weighted by Crippen LogP contribution is 2.18. The van der Waals surface area contributed by atoms with Crippen LogP contribution in [0.15, 0.2) is 29.8 Å². The SMILES string of the molecule is CCCCCCOc1ccc(C=C(C#N)C(=O)Nc2nnc(CC)s2)cc1. The number of hydrogen-bond acceptors (Lipinski definition) is 6. The molecule has 27 heavy (non-hydrogen) atoms. The minimum atomic E-state index is -0.493. The molecule has 1 heterocycles. The molecule has 1 aromatic carbocycles. The summed E-state index contributed by atoms with van der Waals surface area (Å²) >= 11 is 1.30. The molecule has 0 fully saturated rings. The van der Waals surface area contributed by atoms with Gasteiger partial charge in [0.2, 0.25) is 5.13 Å². The first-order valence-corrected chi connectivity index (χ1v) is 9.96. The molecule has 6 nitrogen and oxygen atoms in total. The summed E-state index contributed by atoms with van der Waals surface area (Å²) in [5, 5.41) is 21.0. The van der Waals surface area contributed by atoms with Crippen LogP contribution < -0.4 is 10.1 Å². The molecule has 142 valence electrons. The molecule has 0 bridgehead atoms. The van der Waals surface area contributed by atoms with Crippen LogP contribution in [0, 0.1) is 11.3 Å². The van der Waals surface area contributed by atoms with Crippen molar-refractivity contribution >= 4 is 28.5 Å². The van der Waals surface area contributed by atoms with Crippen LogP contribution in [0.25, 0.3) is 6.08 Å². The molecule has 0 spiro atoms. The summed E-state index contributed by atoms with van der Waals surface area (Å²) in [6.45, 7) is 4.84. The summed E-state index contributed by atoms with van der Waals surface area (Å²) in [6.07, 6.45) is 6.94. The second kappa shape index (κ2) is 11.1. The molecule has 0 atom stereocenters. The molecule has 0 aliphatic rings. The number of rotatable bonds is 10. The van der Waals surface area contributed by atoms with Gasteiger partial charge >= 0.3 is 0 Å². The van der Waals surface area contributed by atoms with Gasteiger partial charge < -0.3 is 4.74 Å². The third kappa shape index (κ3) is 6.83. The average molecular weight is 385 g/mol. The van der Waals surface area contributed by atoms with E-state index in [0.29, 0.717) is 11.7 Å². The number of hydrogen-bond donors (Lipinski definition) is 1. The molecule has 7 heteroatoms. The topological polar surface area (TPSA) is 87.9 Å². The number of carbonyl (C=O) groups excluding carboxylic acids is 1. The van der Waals surface area contributed by atoms with E-state index in [2.05, 4.69) is 22.4 Å². The molecule has 1 amide bonds. The number of nitriles is 1. The van der Waals surface area contributed by atoms with E-state index in [9.17, 15) is 10.1 Å². The molecule has 1 aromatic heterocycles. The monoisotopic (exact) mass is 384 g/mol. The largest absolute Gasteiger partial charge is 0.494 e. The lowest BCUT2D eigenvalue weighted by Crippen LogP contribution is -2.13. The molecule has 0 aliphatic heterocycles. The van der Waals surface area contributed by atoms with Crippen LogP contribution >= 0.6 is 11.3 Å². The number of nitrogens with zero attached hydrogens (tertiary/aromatic N) is 3. The van der Waals surface area contributed by atoms with Gasteiger partial charge in [-0.3, -0.25) is 10.1 Å². The van der Waals surface area contributed by atoms with Crippen LogP contribution in [0.5, 0.6) is 5.75 Å². The van der Waals surface area contributed by atoms with Gasteiger partial charge in [0.25, 0.3) is 5.91 Å². The molecular weight excluding hydrogens is 360 g/mol. The molecule has 2 rings (SSSR count). The maximum Gasteiger partial charge on any atom is 0.268 e. The predicted molar refractivity (Wildman–Crippen MR) is 108 cm³/mol. The Bertz CT molecular complexity index is 806. The second-order valence-corrected chi connectivity index (χ2v) is 7.02. The van der Waals surface area contributed by atoms with Gasteiger partial charge in [0.1, 0.15) is 22.4 Å². The summed E-state index contributed by atoms with van der Waals surface area (Å²) in [6, 6.07) is 9.27. The number of amides is 1. The average Bonchev–Trinajstić information content (AvgIpc) is 3.14. The van der Waals surface area contributed by atoms with E-state index in [1.165, 1.54) is 30.6 Å². The van der Waals surface area contributed by atoms with E-state index >= 15 is 0 Å². The highest BCUT2D eigenvalue weighted by Gasteiger charge is 2.12. The summed E-state index contributed by atoms with van der Waals surface area (Å²) in [5.41, 5.74) is 0.767. The highest BCUT2D eigenvalue weighted by atomic mass is 32.1. The van der Waals surface area contributed by atoms with Crippen molar-refractivity contribution in [3.8, 4) is 11.8 Å². The van der Waals surface area contributed by atoms with Gasteiger partial charge in [-0.05, 0) is 36.6 Å². The summed E-state index contributed by atoms with van der Waals surface area (Å²) in [4.78, 5) is 12.3. The van der Waals surface area contributed by atoms with Crippen LogP contribution in [0.2, 0.25) is 0 Å². The van der Waals surface area contributed by atoms with Gasteiger partial charge in [-0.15, -0.1) is 10.2 Å². The number of carbonyl (C=O) groups is 1. The van der Waals surface area contributed by atoms with E-state index in [1.807, 2.05) is 37.3 Å². The van der Waals surface area contributed by atoms with Crippen molar-refractivity contribution in [2.45, 2.75) is 46.0 Å². The van der Waals surface area contributed by atoms with Crippen LogP contribution in [0.4, 0.5) is 5.13 Å². The first-order valence-electron chi connectivity index (χ1n) is 9.14. The van der Waals surface area contributed by atoms with Gasteiger partial charge in [-0.2, -0.15) is 5.26 Å². The highest BCUT2D eigenvalue weighted by molar-refractivity contribution is 7.15. The van der Waals surface area contributed by atoms with Crippen molar-refractivity contribution in [2.24, 2.45) is 0 Å². The van der Waals surface area contributed by atoms with E-state index in [1.54, 1.807) is 6.08 Å². The second-order valence-electron chi connectivity index (χ2n) is 5.96. The smallest absolute Gasteiger partial charge is 0.268 e. The van der Waals surface area contributed by atoms with Crippen molar-refractivity contribution in [2.75, 3.05) is 11.9 Å². The molecular formula is C20H24N4O2S. The van der Waals surface area contributed by atoms with Gasteiger partial charge in [-0.1, -0.05) is 56.6 Å². The number of anilines is 1. The normalized spacial score (nSPS) is 11.1. The van der Waals surface area contributed by atoms with Crippen molar-refractivity contribution in [3.05, 3.63) is 40.4 Å². The summed E-state index contributed by atoms with van der Waals surface area (Å²) < 4.78 is 5.70. The minimum Gasteiger partial charge on any atom is -0.494 e. The molecule has 0 aliphatic carbocycles. The quantitative estimate of drug-likeness (QED) is 0.367. The third-order valence-corrected chi connectivity index (χ3v) is 4.80. The number of aryl methyl sites for hydroxylation is 1. The maximum absolute atomic E-state index is 12.3. The number of aromatic nitrogens is 2. The number of nitrogens with one attached hydrogen (secondary N) is 1. The van der Waals surface area contributed by atoms with Crippen LogP contribution in [-0.2, 0) is 11.2 Å². The minimum absolute atomic E-state index is 0.0106. The van der Waals surface area contributed by atoms with Crippen molar-refractivity contribution in [3.63, 3.8) is 0 Å². The lowest BCUT2D eigenvalue weighted by molar-refractivity contribution is -0.112. The van der Waals surface area contributed by atoms with E-state index in [-0.39, 0.29) is 5.57 Å². The summed E-state index contributed by atoms with van der Waals surface area (Å²) in [5.74, 6) is 0.292. The maximum atomic E-state index is 12.3.